The number of ether oxygens (including phenoxy) is 1. The number of hydrogen-bond donors (Lipinski definition) is 1. The van der Waals surface area contributed by atoms with Gasteiger partial charge >= 0.3 is 5.97 Å². The van der Waals surface area contributed by atoms with Gasteiger partial charge in [0.25, 0.3) is 0 Å². The Morgan fingerprint density at radius 2 is 2.33 bits per heavy atom. The zero-order valence-corrected chi connectivity index (χ0v) is 8.12. The minimum absolute atomic E-state index is 0.312. The van der Waals surface area contributed by atoms with Crippen molar-refractivity contribution in [2.24, 2.45) is 0 Å². The van der Waals surface area contributed by atoms with E-state index in [0.29, 0.717) is 5.69 Å². The molecule has 0 aliphatic rings. The van der Waals surface area contributed by atoms with E-state index in [4.69, 9.17) is 0 Å². The van der Waals surface area contributed by atoms with Crippen molar-refractivity contribution in [2.75, 3.05) is 13.4 Å². The highest BCUT2D eigenvalue weighted by atomic mass is 32.2. The van der Waals surface area contributed by atoms with Gasteiger partial charge in [0, 0.05) is 11.1 Å². The first kappa shape index (κ1) is 9.19. The van der Waals surface area contributed by atoms with Gasteiger partial charge < -0.3 is 9.72 Å². The number of hydrogen-bond acceptors (Lipinski definition) is 3. The maximum Gasteiger partial charge on any atom is 0.354 e. The third kappa shape index (κ3) is 1.48. The van der Waals surface area contributed by atoms with E-state index in [1.165, 1.54) is 7.11 Å². The zero-order chi connectivity index (χ0) is 9.14. The van der Waals surface area contributed by atoms with Crippen LogP contribution in [0, 0.1) is 6.92 Å². The molecule has 0 saturated carbocycles. The molecular weight excluding hydrogens is 174 g/mol. The molecule has 1 N–H and O–H groups in total. The number of methoxy groups -OCH3 is 1. The molecule has 0 aliphatic carbocycles. The SMILES string of the molecule is COC(=O)c1[nH]cc(SC)c1C. The lowest BCUT2D eigenvalue weighted by molar-refractivity contribution is 0.0594. The Hall–Kier alpha value is -0.900. The molecule has 0 spiro atoms. The second-order valence-electron chi connectivity index (χ2n) is 2.35. The van der Waals surface area contributed by atoms with Crippen LogP contribution in [0.4, 0.5) is 0 Å². The average molecular weight is 185 g/mol. The summed E-state index contributed by atoms with van der Waals surface area (Å²) in [6.45, 7) is 1.90. The van der Waals surface area contributed by atoms with Gasteiger partial charge in [-0.3, -0.25) is 0 Å². The van der Waals surface area contributed by atoms with E-state index in [2.05, 4.69) is 9.72 Å². The van der Waals surface area contributed by atoms with Gasteiger partial charge in [-0.1, -0.05) is 0 Å². The first-order valence-electron chi connectivity index (χ1n) is 3.51. The van der Waals surface area contributed by atoms with Crippen molar-refractivity contribution in [2.45, 2.75) is 11.8 Å². The maximum absolute atomic E-state index is 11.1. The van der Waals surface area contributed by atoms with Crippen molar-refractivity contribution >= 4 is 17.7 Å². The van der Waals surface area contributed by atoms with Gasteiger partial charge in [0.05, 0.1) is 7.11 Å². The van der Waals surface area contributed by atoms with Crippen molar-refractivity contribution < 1.29 is 9.53 Å². The smallest absolute Gasteiger partial charge is 0.354 e. The van der Waals surface area contributed by atoms with Gasteiger partial charge in [-0.05, 0) is 18.7 Å². The molecule has 0 aliphatic heterocycles. The largest absolute Gasteiger partial charge is 0.464 e. The van der Waals surface area contributed by atoms with E-state index in [-0.39, 0.29) is 5.97 Å². The Labute approximate surface area is 75.5 Å². The molecule has 1 heterocycles. The number of rotatable bonds is 2. The molecule has 1 rings (SSSR count). The Balaban J connectivity index is 3.02. The van der Waals surface area contributed by atoms with Gasteiger partial charge in [-0.25, -0.2) is 4.79 Å². The fourth-order valence-electron chi connectivity index (χ4n) is 1.00. The summed E-state index contributed by atoms with van der Waals surface area (Å²) in [6, 6.07) is 0. The molecule has 4 heteroatoms. The van der Waals surface area contributed by atoms with E-state index >= 15 is 0 Å². The highest BCUT2D eigenvalue weighted by molar-refractivity contribution is 7.98. The van der Waals surface area contributed by atoms with Gasteiger partial charge in [-0.15, -0.1) is 11.8 Å². The van der Waals surface area contributed by atoms with Crippen LogP contribution >= 0.6 is 11.8 Å². The second kappa shape index (κ2) is 3.67. The molecule has 0 radical (unpaired) electrons. The van der Waals surface area contributed by atoms with E-state index in [9.17, 15) is 4.79 Å². The van der Waals surface area contributed by atoms with Crippen LogP contribution in [0.5, 0.6) is 0 Å². The number of nitrogens with one attached hydrogen (secondary N) is 1. The summed E-state index contributed by atoms with van der Waals surface area (Å²) in [5.41, 5.74) is 1.50. The van der Waals surface area contributed by atoms with E-state index in [1.54, 1.807) is 11.8 Å². The highest BCUT2D eigenvalue weighted by Crippen LogP contribution is 2.22. The molecule has 66 valence electrons. The van der Waals surface area contributed by atoms with Gasteiger partial charge in [-0.2, -0.15) is 0 Å². The summed E-state index contributed by atoms with van der Waals surface area (Å²) < 4.78 is 4.60. The molecule has 1 aromatic heterocycles. The summed E-state index contributed by atoms with van der Waals surface area (Å²) >= 11 is 1.61. The number of aromatic nitrogens is 1. The summed E-state index contributed by atoms with van der Waals surface area (Å²) in [7, 11) is 1.38. The van der Waals surface area contributed by atoms with Gasteiger partial charge in [0.1, 0.15) is 5.69 Å². The summed E-state index contributed by atoms with van der Waals surface area (Å²) in [4.78, 5) is 15.1. The molecular formula is C8H11NO2S. The highest BCUT2D eigenvalue weighted by Gasteiger charge is 2.13. The summed E-state index contributed by atoms with van der Waals surface area (Å²) in [5, 5.41) is 0. The zero-order valence-electron chi connectivity index (χ0n) is 7.30. The standard InChI is InChI=1S/C8H11NO2S/c1-5-6(12-3)4-9-7(5)8(10)11-2/h4,9H,1-3H3. The monoisotopic (exact) mass is 185 g/mol. The van der Waals surface area contributed by atoms with Crippen molar-refractivity contribution in [1.82, 2.24) is 4.98 Å². The maximum atomic E-state index is 11.1. The van der Waals surface area contributed by atoms with Crippen LogP contribution in [0.1, 0.15) is 16.1 Å². The average Bonchev–Trinajstić information content (AvgIpc) is 2.45. The van der Waals surface area contributed by atoms with Crippen LogP contribution in [-0.2, 0) is 4.74 Å². The molecule has 0 unspecified atom stereocenters. The Kier molecular flexibility index (Phi) is 2.81. The topological polar surface area (TPSA) is 42.1 Å². The predicted octanol–water partition coefficient (Wildman–Crippen LogP) is 1.83. The first-order valence-corrected chi connectivity index (χ1v) is 4.73. The van der Waals surface area contributed by atoms with Crippen LogP contribution in [0.2, 0.25) is 0 Å². The number of aromatic amines is 1. The molecule has 0 amide bonds. The predicted molar refractivity (Wildman–Crippen MR) is 48.7 cm³/mol. The molecule has 0 saturated heterocycles. The second-order valence-corrected chi connectivity index (χ2v) is 3.20. The summed E-state index contributed by atoms with van der Waals surface area (Å²) in [6.07, 6.45) is 3.78. The fourth-order valence-corrected chi connectivity index (χ4v) is 1.59. The molecule has 0 aromatic carbocycles. The van der Waals surface area contributed by atoms with Crippen molar-refractivity contribution in [3.63, 3.8) is 0 Å². The Bertz CT molecular complexity index is 293. The van der Waals surface area contributed by atoms with Crippen molar-refractivity contribution in [3.05, 3.63) is 17.5 Å². The Morgan fingerprint density at radius 1 is 1.67 bits per heavy atom. The number of carbonyl (C=O) groups excluding carboxylic acids is 1. The Morgan fingerprint density at radius 3 is 2.75 bits per heavy atom. The summed E-state index contributed by atoms with van der Waals surface area (Å²) in [5.74, 6) is -0.312. The molecule has 0 fully saturated rings. The van der Waals surface area contributed by atoms with Crippen LogP contribution in [0.25, 0.3) is 0 Å². The minimum Gasteiger partial charge on any atom is -0.464 e. The molecule has 1 aromatic rings. The minimum atomic E-state index is -0.312. The third-order valence-corrected chi connectivity index (χ3v) is 2.57. The van der Waals surface area contributed by atoms with Crippen LogP contribution < -0.4 is 0 Å². The lowest BCUT2D eigenvalue weighted by Gasteiger charge is -1.97. The fraction of sp³-hybridized carbons (Fsp3) is 0.375. The van der Waals surface area contributed by atoms with Crippen molar-refractivity contribution in [1.29, 1.82) is 0 Å². The molecule has 0 atom stereocenters. The molecule has 3 nitrogen and oxygen atoms in total. The lowest BCUT2D eigenvalue weighted by atomic mass is 10.3. The van der Waals surface area contributed by atoms with Crippen LogP contribution in [0.15, 0.2) is 11.1 Å². The van der Waals surface area contributed by atoms with Gasteiger partial charge in [0.2, 0.25) is 0 Å². The molecule has 0 bridgehead atoms. The van der Waals surface area contributed by atoms with E-state index < -0.39 is 0 Å². The number of esters is 1. The normalized spacial score (nSPS) is 9.92. The first-order chi connectivity index (χ1) is 5.70. The molecule has 12 heavy (non-hydrogen) atoms. The number of H-pyrrole nitrogens is 1. The van der Waals surface area contributed by atoms with Crippen molar-refractivity contribution in [3.8, 4) is 0 Å². The van der Waals surface area contributed by atoms with Crippen LogP contribution in [-0.4, -0.2) is 24.3 Å². The third-order valence-electron chi connectivity index (χ3n) is 1.70. The quantitative estimate of drug-likeness (QED) is 0.564. The van der Waals surface area contributed by atoms with Gasteiger partial charge in [0.15, 0.2) is 0 Å². The van der Waals surface area contributed by atoms with E-state index in [1.807, 2.05) is 19.4 Å². The lowest BCUT2D eigenvalue weighted by Crippen LogP contribution is -2.03. The van der Waals surface area contributed by atoms with Crippen LogP contribution in [0.3, 0.4) is 0 Å². The number of carbonyl (C=O) groups is 1. The number of thioether (sulfide) groups is 1. The van der Waals surface area contributed by atoms with E-state index in [0.717, 1.165) is 10.5 Å².